The third-order valence-corrected chi connectivity index (χ3v) is 2.91. The zero-order chi connectivity index (χ0) is 9.80. The molecule has 0 spiro atoms. The van der Waals surface area contributed by atoms with Crippen molar-refractivity contribution in [1.82, 2.24) is 20.2 Å². The molecule has 1 aliphatic carbocycles. The Morgan fingerprint density at radius 2 is 1.93 bits per heavy atom. The Morgan fingerprint density at radius 3 is 2.57 bits per heavy atom. The van der Waals surface area contributed by atoms with E-state index in [9.17, 15) is 0 Å². The lowest BCUT2D eigenvalue weighted by Crippen LogP contribution is -2.15. The summed E-state index contributed by atoms with van der Waals surface area (Å²) in [6, 6.07) is 0.478. The number of aromatic nitrogens is 4. The molecule has 5 nitrogen and oxygen atoms in total. The first-order valence-electron chi connectivity index (χ1n) is 5.38. The molecule has 0 unspecified atom stereocenters. The molecule has 0 saturated heterocycles. The summed E-state index contributed by atoms with van der Waals surface area (Å²) in [4.78, 5) is 0. The zero-order valence-electron chi connectivity index (χ0n) is 8.39. The lowest BCUT2D eigenvalue weighted by atomic mass is 10.1. The first-order chi connectivity index (χ1) is 6.92. The van der Waals surface area contributed by atoms with Crippen LogP contribution in [0.25, 0.3) is 0 Å². The maximum Gasteiger partial charge on any atom is 0.165 e. The molecule has 1 aromatic heterocycles. The fourth-order valence-corrected chi connectivity index (χ4v) is 2.13. The second kappa shape index (κ2) is 4.50. The van der Waals surface area contributed by atoms with Crippen molar-refractivity contribution in [3.63, 3.8) is 0 Å². The van der Waals surface area contributed by atoms with Gasteiger partial charge in [-0.05, 0) is 23.3 Å². The van der Waals surface area contributed by atoms with Gasteiger partial charge in [-0.3, -0.25) is 0 Å². The quantitative estimate of drug-likeness (QED) is 0.715. The SMILES string of the molecule is NCc1nnnn1C1CCCCCC1. The number of nitrogens with zero attached hydrogens (tertiary/aromatic N) is 4. The van der Waals surface area contributed by atoms with E-state index in [-0.39, 0.29) is 0 Å². The number of tetrazole rings is 1. The Hall–Kier alpha value is -0.970. The molecule has 1 aliphatic rings. The maximum atomic E-state index is 5.58. The molecule has 5 heteroatoms. The van der Waals surface area contributed by atoms with Crippen molar-refractivity contribution in [1.29, 1.82) is 0 Å². The lowest BCUT2D eigenvalue weighted by molar-refractivity contribution is 0.385. The standard InChI is InChI=1S/C9H17N5/c10-7-9-11-12-13-14(9)8-5-3-1-2-4-6-8/h8H,1-7,10H2. The van der Waals surface area contributed by atoms with E-state index in [0.29, 0.717) is 12.6 Å². The molecule has 1 fully saturated rings. The Labute approximate surface area is 83.7 Å². The topological polar surface area (TPSA) is 69.6 Å². The van der Waals surface area contributed by atoms with Gasteiger partial charge in [0, 0.05) is 0 Å². The minimum atomic E-state index is 0.434. The fourth-order valence-electron chi connectivity index (χ4n) is 2.13. The number of rotatable bonds is 2. The van der Waals surface area contributed by atoms with Gasteiger partial charge in [0.05, 0.1) is 12.6 Å². The average Bonchev–Trinajstić information content (AvgIpc) is 2.52. The Morgan fingerprint density at radius 1 is 1.21 bits per heavy atom. The molecule has 1 heterocycles. The highest BCUT2D eigenvalue weighted by Crippen LogP contribution is 2.26. The van der Waals surface area contributed by atoms with Crippen LogP contribution in [0.5, 0.6) is 0 Å². The fraction of sp³-hybridized carbons (Fsp3) is 0.889. The van der Waals surface area contributed by atoms with E-state index in [2.05, 4.69) is 15.5 Å². The summed E-state index contributed by atoms with van der Waals surface area (Å²) in [6.07, 6.45) is 7.65. The number of hydrogen-bond donors (Lipinski definition) is 1. The van der Waals surface area contributed by atoms with Gasteiger partial charge in [-0.15, -0.1) is 5.10 Å². The van der Waals surface area contributed by atoms with Gasteiger partial charge in [-0.2, -0.15) is 0 Å². The third kappa shape index (κ3) is 1.92. The van der Waals surface area contributed by atoms with Crippen LogP contribution in [0.3, 0.4) is 0 Å². The summed E-state index contributed by atoms with van der Waals surface area (Å²) in [5.74, 6) is 0.817. The molecule has 1 aromatic rings. The van der Waals surface area contributed by atoms with Crippen molar-refractivity contribution < 1.29 is 0 Å². The summed E-state index contributed by atoms with van der Waals surface area (Å²) in [7, 11) is 0. The van der Waals surface area contributed by atoms with Crippen LogP contribution >= 0.6 is 0 Å². The van der Waals surface area contributed by atoms with Gasteiger partial charge in [0.2, 0.25) is 0 Å². The summed E-state index contributed by atoms with van der Waals surface area (Å²) < 4.78 is 1.92. The second-order valence-electron chi connectivity index (χ2n) is 3.89. The minimum Gasteiger partial charge on any atom is -0.324 e. The van der Waals surface area contributed by atoms with Crippen LogP contribution in [0.1, 0.15) is 50.4 Å². The first-order valence-corrected chi connectivity index (χ1v) is 5.38. The van der Waals surface area contributed by atoms with E-state index in [0.717, 1.165) is 5.82 Å². The Kier molecular flexibility index (Phi) is 3.08. The van der Waals surface area contributed by atoms with Crippen molar-refractivity contribution in [2.45, 2.75) is 51.1 Å². The molecule has 0 aliphatic heterocycles. The van der Waals surface area contributed by atoms with Gasteiger partial charge < -0.3 is 5.73 Å². The van der Waals surface area contributed by atoms with Crippen molar-refractivity contribution >= 4 is 0 Å². The molecule has 14 heavy (non-hydrogen) atoms. The monoisotopic (exact) mass is 195 g/mol. The highest BCUT2D eigenvalue weighted by molar-refractivity contribution is 4.83. The maximum absolute atomic E-state index is 5.58. The molecule has 0 aromatic carbocycles. The predicted octanol–water partition coefficient (Wildman–Crippen LogP) is 1.03. The molecule has 0 bridgehead atoms. The molecule has 78 valence electrons. The van der Waals surface area contributed by atoms with E-state index < -0.39 is 0 Å². The molecular formula is C9H17N5. The van der Waals surface area contributed by atoms with Crippen LogP contribution in [0, 0.1) is 0 Å². The molecule has 0 amide bonds. The van der Waals surface area contributed by atoms with Crippen molar-refractivity contribution in [2.75, 3.05) is 0 Å². The molecule has 0 radical (unpaired) electrons. The third-order valence-electron chi connectivity index (χ3n) is 2.91. The second-order valence-corrected chi connectivity index (χ2v) is 3.89. The molecule has 0 atom stereocenters. The highest BCUT2D eigenvalue weighted by Gasteiger charge is 2.17. The van der Waals surface area contributed by atoms with E-state index >= 15 is 0 Å². The van der Waals surface area contributed by atoms with Crippen LogP contribution in [0.15, 0.2) is 0 Å². The molecule has 1 saturated carbocycles. The van der Waals surface area contributed by atoms with E-state index in [1.165, 1.54) is 38.5 Å². The van der Waals surface area contributed by atoms with Crippen molar-refractivity contribution in [3.05, 3.63) is 5.82 Å². The van der Waals surface area contributed by atoms with Gasteiger partial charge >= 0.3 is 0 Å². The first kappa shape index (κ1) is 9.58. The summed E-state index contributed by atoms with van der Waals surface area (Å²) in [5.41, 5.74) is 5.58. The molecular weight excluding hydrogens is 178 g/mol. The number of hydrogen-bond acceptors (Lipinski definition) is 4. The molecule has 2 rings (SSSR count). The Bertz CT molecular complexity index is 274. The highest BCUT2D eigenvalue weighted by atomic mass is 15.5. The lowest BCUT2D eigenvalue weighted by Gasteiger charge is -2.14. The average molecular weight is 195 g/mol. The molecule has 2 N–H and O–H groups in total. The summed E-state index contributed by atoms with van der Waals surface area (Å²) >= 11 is 0. The zero-order valence-corrected chi connectivity index (χ0v) is 8.39. The van der Waals surface area contributed by atoms with Gasteiger partial charge in [0.15, 0.2) is 5.82 Å². The van der Waals surface area contributed by atoms with Crippen LogP contribution in [-0.4, -0.2) is 20.2 Å². The summed E-state index contributed by atoms with van der Waals surface area (Å²) in [5, 5.41) is 11.6. The minimum absolute atomic E-state index is 0.434. The van der Waals surface area contributed by atoms with E-state index in [4.69, 9.17) is 5.73 Å². The normalized spacial score (nSPS) is 19.5. The van der Waals surface area contributed by atoms with Gasteiger partial charge in [-0.25, -0.2) is 4.68 Å². The largest absolute Gasteiger partial charge is 0.324 e. The number of nitrogens with two attached hydrogens (primary N) is 1. The van der Waals surface area contributed by atoms with Crippen LogP contribution in [0.4, 0.5) is 0 Å². The van der Waals surface area contributed by atoms with Crippen molar-refractivity contribution in [3.8, 4) is 0 Å². The van der Waals surface area contributed by atoms with Crippen LogP contribution < -0.4 is 5.73 Å². The predicted molar refractivity (Wildman–Crippen MR) is 52.4 cm³/mol. The smallest absolute Gasteiger partial charge is 0.165 e. The Balaban J connectivity index is 2.11. The van der Waals surface area contributed by atoms with Gasteiger partial charge in [-0.1, -0.05) is 25.7 Å². The van der Waals surface area contributed by atoms with Crippen LogP contribution in [0.2, 0.25) is 0 Å². The van der Waals surface area contributed by atoms with Crippen LogP contribution in [-0.2, 0) is 6.54 Å². The summed E-state index contributed by atoms with van der Waals surface area (Å²) in [6.45, 7) is 0.434. The van der Waals surface area contributed by atoms with Crippen molar-refractivity contribution in [2.24, 2.45) is 5.73 Å². The van der Waals surface area contributed by atoms with E-state index in [1.54, 1.807) is 0 Å². The van der Waals surface area contributed by atoms with E-state index in [1.807, 2.05) is 4.68 Å². The van der Waals surface area contributed by atoms with Gasteiger partial charge in [0.1, 0.15) is 0 Å². The van der Waals surface area contributed by atoms with Gasteiger partial charge in [0.25, 0.3) is 0 Å².